The standard InChI is InChI=1S/C57H94O6/c1-4-7-10-13-16-19-22-24-26-28-29-30-32-33-35-38-41-44-47-50-56(59)62-53-54(52-61-55(58)49-46-43-40-37-21-18-15-12-9-6-3)63-57(60)51-48-45-42-39-36-34-31-27-25-23-20-17-14-11-8-5-2/h7-8,10-11,16-17,19-20,24-27,29-30,34,36,54H,4-6,9,12-15,18,21-23,28,31-33,35,37-53H2,1-3H3/b10-7-,11-8-,19-16-,20-17-,26-24-,27-25-,30-29-,36-34-. The molecule has 0 aromatic rings. The Morgan fingerprint density at radius 2 is 0.619 bits per heavy atom. The van der Waals surface area contributed by atoms with E-state index in [-0.39, 0.29) is 37.5 Å². The highest BCUT2D eigenvalue weighted by Gasteiger charge is 2.19. The zero-order valence-corrected chi connectivity index (χ0v) is 40.8. The Kier molecular flexibility index (Phi) is 48.0. The number of ether oxygens (including phenoxy) is 3. The predicted octanol–water partition coefficient (Wildman–Crippen LogP) is 17.0. The molecule has 0 saturated heterocycles. The van der Waals surface area contributed by atoms with Crippen molar-refractivity contribution in [1.82, 2.24) is 0 Å². The second kappa shape index (κ2) is 51.0. The van der Waals surface area contributed by atoms with Crippen LogP contribution in [0.2, 0.25) is 0 Å². The maximum Gasteiger partial charge on any atom is 0.306 e. The Balaban J connectivity index is 4.43. The van der Waals surface area contributed by atoms with E-state index in [1.807, 2.05) is 0 Å². The number of hydrogen-bond donors (Lipinski definition) is 0. The van der Waals surface area contributed by atoms with Crippen LogP contribution in [0.25, 0.3) is 0 Å². The number of allylic oxidation sites excluding steroid dienone is 16. The Morgan fingerprint density at radius 3 is 0.984 bits per heavy atom. The Labute approximate surface area is 387 Å². The minimum absolute atomic E-state index is 0.0949. The number of carbonyl (C=O) groups excluding carboxylic acids is 3. The Hall–Kier alpha value is -3.67. The highest BCUT2D eigenvalue weighted by Crippen LogP contribution is 2.14. The minimum atomic E-state index is -0.798. The third kappa shape index (κ3) is 49.2. The molecule has 0 aliphatic rings. The van der Waals surface area contributed by atoms with Crippen LogP contribution in [0.4, 0.5) is 0 Å². The zero-order chi connectivity index (χ0) is 45.8. The van der Waals surface area contributed by atoms with Crippen molar-refractivity contribution in [2.45, 2.75) is 232 Å². The average Bonchev–Trinajstić information content (AvgIpc) is 3.28. The van der Waals surface area contributed by atoms with Crippen LogP contribution in [0.15, 0.2) is 97.2 Å². The lowest BCUT2D eigenvalue weighted by Gasteiger charge is -2.18. The van der Waals surface area contributed by atoms with Gasteiger partial charge in [-0.05, 0) is 96.3 Å². The van der Waals surface area contributed by atoms with E-state index in [0.29, 0.717) is 12.8 Å². The summed E-state index contributed by atoms with van der Waals surface area (Å²) in [6, 6.07) is 0. The molecule has 0 heterocycles. The molecule has 63 heavy (non-hydrogen) atoms. The molecule has 6 nitrogen and oxygen atoms in total. The van der Waals surface area contributed by atoms with Crippen LogP contribution in [0, 0.1) is 0 Å². The molecule has 358 valence electrons. The summed E-state index contributed by atoms with van der Waals surface area (Å²) >= 11 is 0. The minimum Gasteiger partial charge on any atom is -0.462 e. The lowest BCUT2D eigenvalue weighted by Crippen LogP contribution is -2.30. The van der Waals surface area contributed by atoms with Crippen molar-refractivity contribution >= 4 is 17.9 Å². The van der Waals surface area contributed by atoms with E-state index < -0.39 is 6.10 Å². The van der Waals surface area contributed by atoms with Crippen molar-refractivity contribution in [3.63, 3.8) is 0 Å². The normalized spacial score (nSPS) is 12.9. The van der Waals surface area contributed by atoms with Gasteiger partial charge in [-0.3, -0.25) is 14.4 Å². The van der Waals surface area contributed by atoms with Crippen molar-refractivity contribution in [3.05, 3.63) is 97.2 Å². The smallest absolute Gasteiger partial charge is 0.306 e. The summed E-state index contributed by atoms with van der Waals surface area (Å²) in [6.07, 6.45) is 66.8. The molecule has 0 aromatic heterocycles. The molecular weight excluding hydrogens is 781 g/mol. The lowest BCUT2D eigenvalue weighted by molar-refractivity contribution is -0.167. The second-order valence-electron chi connectivity index (χ2n) is 16.7. The highest BCUT2D eigenvalue weighted by atomic mass is 16.6. The molecule has 0 rings (SSSR count). The molecule has 0 amide bonds. The number of hydrogen-bond acceptors (Lipinski definition) is 6. The maximum atomic E-state index is 12.8. The van der Waals surface area contributed by atoms with E-state index in [1.54, 1.807) is 0 Å². The molecule has 0 N–H and O–H groups in total. The maximum absolute atomic E-state index is 12.8. The van der Waals surface area contributed by atoms with Gasteiger partial charge < -0.3 is 14.2 Å². The van der Waals surface area contributed by atoms with Gasteiger partial charge in [0.15, 0.2) is 6.10 Å². The molecule has 0 saturated carbocycles. The monoisotopic (exact) mass is 875 g/mol. The average molecular weight is 875 g/mol. The number of esters is 3. The quantitative estimate of drug-likeness (QED) is 0.0262. The fourth-order valence-electron chi connectivity index (χ4n) is 6.78. The van der Waals surface area contributed by atoms with Gasteiger partial charge in [0.05, 0.1) is 0 Å². The molecule has 0 spiro atoms. The van der Waals surface area contributed by atoms with Crippen molar-refractivity contribution in [2.24, 2.45) is 0 Å². The van der Waals surface area contributed by atoms with E-state index in [1.165, 1.54) is 57.8 Å². The first-order valence-electron chi connectivity index (χ1n) is 25.7. The van der Waals surface area contributed by atoms with Crippen LogP contribution in [0.5, 0.6) is 0 Å². The largest absolute Gasteiger partial charge is 0.462 e. The van der Waals surface area contributed by atoms with Gasteiger partial charge >= 0.3 is 17.9 Å². The summed E-state index contributed by atoms with van der Waals surface area (Å²) in [5, 5.41) is 0. The Bertz CT molecular complexity index is 1280. The van der Waals surface area contributed by atoms with Gasteiger partial charge in [-0.1, -0.05) is 208 Å². The fraction of sp³-hybridized carbons (Fsp3) is 0.667. The van der Waals surface area contributed by atoms with Crippen LogP contribution >= 0.6 is 0 Å². The first-order chi connectivity index (χ1) is 31.0. The SMILES string of the molecule is CC/C=C\C/C=C\C/C=C\C/C=C\CCCCCCCCC(=O)OCC(COC(=O)CCCCCCCCCCCC)OC(=O)CCCCC/C=C\C/C=C\C/C=C\C/C=C\CC. The van der Waals surface area contributed by atoms with E-state index in [0.717, 1.165) is 128 Å². The molecule has 0 aliphatic heterocycles. The van der Waals surface area contributed by atoms with Crippen LogP contribution in [0.1, 0.15) is 226 Å². The lowest BCUT2D eigenvalue weighted by atomic mass is 10.1. The summed E-state index contributed by atoms with van der Waals surface area (Å²) in [5.74, 6) is -0.945. The highest BCUT2D eigenvalue weighted by molar-refractivity contribution is 5.71. The molecular formula is C57H94O6. The van der Waals surface area contributed by atoms with Gasteiger partial charge in [0.25, 0.3) is 0 Å². The molecule has 0 aliphatic carbocycles. The van der Waals surface area contributed by atoms with Gasteiger partial charge in [0.1, 0.15) is 13.2 Å². The molecule has 0 bridgehead atoms. The first kappa shape index (κ1) is 59.3. The summed E-state index contributed by atoms with van der Waals surface area (Å²) in [5.41, 5.74) is 0. The van der Waals surface area contributed by atoms with E-state index >= 15 is 0 Å². The van der Waals surface area contributed by atoms with Gasteiger partial charge in [0, 0.05) is 19.3 Å². The van der Waals surface area contributed by atoms with Gasteiger partial charge in [-0.2, -0.15) is 0 Å². The van der Waals surface area contributed by atoms with E-state index in [4.69, 9.17) is 14.2 Å². The third-order valence-electron chi connectivity index (χ3n) is 10.6. The van der Waals surface area contributed by atoms with Crippen LogP contribution < -0.4 is 0 Å². The molecule has 0 radical (unpaired) electrons. The molecule has 0 aromatic carbocycles. The van der Waals surface area contributed by atoms with Crippen molar-refractivity contribution < 1.29 is 28.6 Å². The summed E-state index contributed by atoms with van der Waals surface area (Å²) in [7, 11) is 0. The van der Waals surface area contributed by atoms with Crippen molar-refractivity contribution in [2.75, 3.05) is 13.2 Å². The first-order valence-corrected chi connectivity index (χ1v) is 25.7. The molecule has 1 atom stereocenters. The fourth-order valence-corrected chi connectivity index (χ4v) is 6.78. The van der Waals surface area contributed by atoms with Crippen LogP contribution in [-0.2, 0) is 28.6 Å². The topological polar surface area (TPSA) is 78.9 Å². The van der Waals surface area contributed by atoms with Crippen LogP contribution in [0.3, 0.4) is 0 Å². The number of rotatable bonds is 45. The van der Waals surface area contributed by atoms with E-state index in [2.05, 4.69) is 118 Å². The molecule has 0 fully saturated rings. The van der Waals surface area contributed by atoms with Crippen LogP contribution in [-0.4, -0.2) is 37.2 Å². The summed E-state index contributed by atoms with van der Waals surface area (Å²) < 4.78 is 16.7. The third-order valence-corrected chi connectivity index (χ3v) is 10.6. The van der Waals surface area contributed by atoms with Gasteiger partial charge in [-0.25, -0.2) is 0 Å². The van der Waals surface area contributed by atoms with Crippen molar-refractivity contribution in [1.29, 1.82) is 0 Å². The molecule has 6 heteroatoms. The van der Waals surface area contributed by atoms with Crippen molar-refractivity contribution in [3.8, 4) is 0 Å². The molecule has 1 unspecified atom stereocenters. The number of carbonyl (C=O) groups is 3. The predicted molar refractivity (Wildman–Crippen MR) is 270 cm³/mol. The Morgan fingerprint density at radius 1 is 0.333 bits per heavy atom. The zero-order valence-electron chi connectivity index (χ0n) is 40.8. The number of unbranched alkanes of at least 4 members (excludes halogenated alkanes) is 18. The van der Waals surface area contributed by atoms with Gasteiger partial charge in [-0.15, -0.1) is 0 Å². The van der Waals surface area contributed by atoms with Gasteiger partial charge in [0.2, 0.25) is 0 Å². The summed E-state index contributed by atoms with van der Waals surface area (Å²) in [4.78, 5) is 37.9. The summed E-state index contributed by atoms with van der Waals surface area (Å²) in [6.45, 7) is 6.35. The second-order valence-corrected chi connectivity index (χ2v) is 16.7. The van der Waals surface area contributed by atoms with E-state index in [9.17, 15) is 14.4 Å².